The zero-order chi connectivity index (χ0) is 9.84. The van der Waals surface area contributed by atoms with Crippen molar-refractivity contribution in [3.63, 3.8) is 0 Å². The minimum Gasteiger partial charge on any atom is -0.263 e. The van der Waals surface area contributed by atoms with Crippen LogP contribution in [0, 0.1) is 5.92 Å². The van der Waals surface area contributed by atoms with E-state index in [4.69, 9.17) is 0 Å². The SMILES string of the molecule is CC(Br)C(C)Cc1cncc(Br)c1. The largest absolute Gasteiger partial charge is 0.263 e. The summed E-state index contributed by atoms with van der Waals surface area (Å²) < 4.78 is 1.06. The van der Waals surface area contributed by atoms with Gasteiger partial charge in [0, 0.05) is 21.7 Å². The van der Waals surface area contributed by atoms with E-state index >= 15 is 0 Å². The lowest BCUT2D eigenvalue weighted by Gasteiger charge is -2.13. The number of nitrogens with zero attached hydrogens (tertiary/aromatic N) is 1. The molecule has 0 saturated carbocycles. The van der Waals surface area contributed by atoms with E-state index in [0.717, 1.165) is 10.9 Å². The highest BCUT2D eigenvalue weighted by atomic mass is 79.9. The summed E-state index contributed by atoms with van der Waals surface area (Å²) in [6, 6.07) is 2.12. The van der Waals surface area contributed by atoms with Crippen molar-refractivity contribution in [2.24, 2.45) is 5.92 Å². The maximum atomic E-state index is 4.13. The Morgan fingerprint density at radius 3 is 2.62 bits per heavy atom. The molecule has 1 rings (SSSR count). The van der Waals surface area contributed by atoms with Crippen molar-refractivity contribution < 1.29 is 0 Å². The summed E-state index contributed by atoms with van der Waals surface area (Å²) in [6.07, 6.45) is 4.81. The Morgan fingerprint density at radius 1 is 1.38 bits per heavy atom. The first-order chi connectivity index (χ1) is 6.09. The van der Waals surface area contributed by atoms with Crippen molar-refractivity contribution in [1.29, 1.82) is 0 Å². The Bertz CT molecular complexity index is 273. The predicted octanol–water partition coefficient (Wildman–Crippen LogP) is 3.81. The Kier molecular flexibility index (Phi) is 4.39. The van der Waals surface area contributed by atoms with Crippen molar-refractivity contribution in [2.75, 3.05) is 0 Å². The molecule has 0 radical (unpaired) electrons. The molecule has 1 heterocycles. The molecule has 1 aromatic heterocycles. The second-order valence-corrected chi connectivity index (χ2v) is 5.73. The summed E-state index contributed by atoms with van der Waals surface area (Å²) in [5, 5.41) is 0. The van der Waals surface area contributed by atoms with Gasteiger partial charge in [-0.1, -0.05) is 29.8 Å². The third-order valence-electron chi connectivity index (χ3n) is 2.10. The first kappa shape index (κ1) is 11.2. The van der Waals surface area contributed by atoms with E-state index < -0.39 is 0 Å². The monoisotopic (exact) mass is 305 g/mol. The zero-order valence-electron chi connectivity index (χ0n) is 7.80. The highest BCUT2D eigenvalue weighted by molar-refractivity contribution is 9.10. The molecule has 0 N–H and O–H groups in total. The molecule has 0 bridgehead atoms. The average Bonchev–Trinajstić information content (AvgIpc) is 2.04. The van der Waals surface area contributed by atoms with E-state index in [1.165, 1.54) is 5.56 Å². The molecular formula is C10H13Br2N. The van der Waals surface area contributed by atoms with Crippen molar-refractivity contribution in [1.82, 2.24) is 4.98 Å². The van der Waals surface area contributed by atoms with Crippen molar-refractivity contribution in [3.8, 4) is 0 Å². The fourth-order valence-electron chi connectivity index (χ4n) is 1.10. The van der Waals surface area contributed by atoms with Crippen molar-refractivity contribution in [3.05, 3.63) is 28.5 Å². The lowest BCUT2D eigenvalue weighted by Crippen LogP contribution is -2.09. The third-order valence-corrected chi connectivity index (χ3v) is 3.44. The summed E-state index contributed by atoms with van der Waals surface area (Å²) in [7, 11) is 0. The summed E-state index contributed by atoms with van der Waals surface area (Å²) in [6.45, 7) is 4.41. The van der Waals surface area contributed by atoms with E-state index in [1.54, 1.807) is 0 Å². The Morgan fingerprint density at radius 2 is 2.08 bits per heavy atom. The first-order valence-corrected chi connectivity index (χ1v) is 6.04. The van der Waals surface area contributed by atoms with E-state index in [2.05, 4.69) is 56.8 Å². The van der Waals surface area contributed by atoms with E-state index in [0.29, 0.717) is 10.7 Å². The van der Waals surface area contributed by atoms with Crippen molar-refractivity contribution >= 4 is 31.9 Å². The minimum atomic E-state index is 0.548. The van der Waals surface area contributed by atoms with Gasteiger partial charge in [0.05, 0.1) is 0 Å². The lowest BCUT2D eigenvalue weighted by atomic mass is 10.0. The highest BCUT2D eigenvalue weighted by Gasteiger charge is 2.09. The Hall–Kier alpha value is 0.110. The van der Waals surface area contributed by atoms with Gasteiger partial charge < -0.3 is 0 Å². The number of pyridine rings is 1. The summed E-state index contributed by atoms with van der Waals surface area (Å²) in [4.78, 5) is 4.68. The molecule has 0 spiro atoms. The first-order valence-electron chi connectivity index (χ1n) is 4.33. The van der Waals surface area contributed by atoms with Gasteiger partial charge in [-0.3, -0.25) is 4.98 Å². The second kappa shape index (κ2) is 5.11. The van der Waals surface area contributed by atoms with Gasteiger partial charge in [-0.15, -0.1) is 0 Å². The molecule has 1 aromatic rings. The normalized spacial score (nSPS) is 15.4. The minimum absolute atomic E-state index is 0.548. The fraction of sp³-hybridized carbons (Fsp3) is 0.500. The topological polar surface area (TPSA) is 12.9 Å². The van der Waals surface area contributed by atoms with Crippen LogP contribution in [-0.4, -0.2) is 9.81 Å². The Labute approximate surface area is 96.2 Å². The molecule has 0 amide bonds. The fourth-order valence-corrected chi connectivity index (χ4v) is 1.70. The number of hydrogen-bond donors (Lipinski definition) is 0. The average molecular weight is 307 g/mol. The van der Waals surface area contributed by atoms with Gasteiger partial charge in [0.15, 0.2) is 0 Å². The van der Waals surface area contributed by atoms with E-state index in [9.17, 15) is 0 Å². The number of rotatable bonds is 3. The summed E-state index contributed by atoms with van der Waals surface area (Å²) in [5.41, 5.74) is 1.29. The van der Waals surface area contributed by atoms with Crippen LogP contribution in [0.15, 0.2) is 22.9 Å². The predicted molar refractivity (Wildman–Crippen MR) is 63.2 cm³/mol. The molecule has 3 heteroatoms. The molecule has 0 fully saturated rings. The molecule has 13 heavy (non-hydrogen) atoms. The van der Waals surface area contributed by atoms with Crippen LogP contribution in [0.25, 0.3) is 0 Å². The lowest BCUT2D eigenvalue weighted by molar-refractivity contribution is 0.580. The maximum absolute atomic E-state index is 4.13. The van der Waals surface area contributed by atoms with E-state index in [1.807, 2.05) is 12.4 Å². The van der Waals surface area contributed by atoms with Gasteiger partial charge >= 0.3 is 0 Å². The van der Waals surface area contributed by atoms with Crippen LogP contribution in [0.3, 0.4) is 0 Å². The van der Waals surface area contributed by atoms with Gasteiger partial charge in [0.25, 0.3) is 0 Å². The van der Waals surface area contributed by atoms with Crippen LogP contribution in [0.4, 0.5) is 0 Å². The molecule has 0 aromatic carbocycles. The van der Waals surface area contributed by atoms with Gasteiger partial charge in [-0.25, -0.2) is 0 Å². The molecule has 2 atom stereocenters. The zero-order valence-corrected chi connectivity index (χ0v) is 11.0. The molecule has 0 saturated heterocycles. The Balaban J connectivity index is 2.64. The summed E-state index contributed by atoms with van der Waals surface area (Å²) >= 11 is 7.00. The number of aromatic nitrogens is 1. The van der Waals surface area contributed by atoms with Gasteiger partial charge in [-0.05, 0) is 39.9 Å². The number of hydrogen-bond acceptors (Lipinski definition) is 1. The van der Waals surface area contributed by atoms with Crippen LogP contribution in [0.1, 0.15) is 19.4 Å². The quantitative estimate of drug-likeness (QED) is 0.774. The molecule has 0 aliphatic heterocycles. The highest BCUT2D eigenvalue weighted by Crippen LogP contribution is 2.18. The third kappa shape index (κ3) is 3.77. The number of halogens is 2. The molecule has 0 aliphatic carbocycles. The molecule has 1 nitrogen and oxygen atoms in total. The van der Waals surface area contributed by atoms with E-state index in [-0.39, 0.29) is 0 Å². The maximum Gasteiger partial charge on any atom is 0.0410 e. The van der Waals surface area contributed by atoms with Gasteiger partial charge in [0.2, 0.25) is 0 Å². The second-order valence-electron chi connectivity index (χ2n) is 3.37. The van der Waals surface area contributed by atoms with Crippen LogP contribution < -0.4 is 0 Å². The smallest absolute Gasteiger partial charge is 0.0410 e. The molecule has 2 unspecified atom stereocenters. The van der Waals surface area contributed by atoms with Crippen LogP contribution in [-0.2, 0) is 6.42 Å². The van der Waals surface area contributed by atoms with Gasteiger partial charge in [0.1, 0.15) is 0 Å². The van der Waals surface area contributed by atoms with Crippen LogP contribution in [0.5, 0.6) is 0 Å². The molecule has 0 aliphatic rings. The van der Waals surface area contributed by atoms with Crippen molar-refractivity contribution in [2.45, 2.75) is 25.1 Å². The number of alkyl halides is 1. The summed E-state index contributed by atoms with van der Waals surface area (Å²) in [5.74, 6) is 0.635. The van der Waals surface area contributed by atoms with Gasteiger partial charge in [-0.2, -0.15) is 0 Å². The molecular weight excluding hydrogens is 294 g/mol. The van der Waals surface area contributed by atoms with Crippen LogP contribution >= 0.6 is 31.9 Å². The molecule has 72 valence electrons. The standard InChI is InChI=1S/C10H13Br2N/c1-7(8(2)11)3-9-4-10(12)6-13-5-9/h4-8H,3H2,1-2H3. The van der Waals surface area contributed by atoms with Crippen LogP contribution in [0.2, 0.25) is 0 Å².